The van der Waals surface area contributed by atoms with Crippen LogP contribution in [-0.2, 0) is 4.74 Å². The Hall–Kier alpha value is -0.930. The molecular weight excluding hydrogens is 218 g/mol. The van der Waals surface area contributed by atoms with Crippen molar-refractivity contribution in [2.45, 2.75) is 30.6 Å². The Balaban J connectivity index is 2.82. The number of rotatable bonds is 2. The number of likely N-dealkylation sites (N-methyl/N-ethyl adjacent to an activating group) is 1. The van der Waals surface area contributed by atoms with Crippen LogP contribution in [0.2, 0.25) is 0 Å². The fraction of sp³-hybridized carbons (Fsp3) is 0.875. The van der Waals surface area contributed by atoms with Crippen LogP contribution in [0.5, 0.6) is 0 Å². The molecule has 0 bridgehead atoms. The first kappa shape index (κ1) is 13.1. The number of aliphatic hydroxyl groups excluding tert-OH is 4. The normalized spacial score (nSPS) is 39.4. The standard InChI is InChI=1S/C8H17N3O5/c1-11(8(9)10)7-6(15)5(14)4(13)3(2-12)16-7/h3-7,12-15H,2H2,1H3,(H3,9,10)/t3-,4-,5+,6-,7-/m1/s1. The molecule has 0 unspecified atom stereocenters. The minimum atomic E-state index is -1.46. The second-order valence-electron chi connectivity index (χ2n) is 3.72. The minimum absolute atomic E-state index is 0.357. The second-order valence-corrected chi connectivity index (χ2v) is 3.72. The van der Waals surface area contributed by atoms with E-state index in [2.05, 4.69) is 0 Å². The molecule has 0 spiro atoms. The summed E-state index contributed by atoms with van der Waals surface area (Å²) >= 11 is 0. The minimum Gasteiger partial charge on any atom is -0.394 e. The topological polar surface area (TPSA) is 143 Å². The van der Waals surface area contributed by atoms with Crippen molar-refractivity contribution in [1.82, 2.24) is 4.90 Å². The molecule has 0 aliphatic carbocycles. The van der Waals surface area contributed by atoms with Crippen molar-refractivity contribution in [3.8, 4) is 0 Å². The lowest BCUT2D eigenvalue weighted by molar-refractivity contribution is -0.253. The SMILES string of the molecule is CN(C(=N)N)[C@@H]1O[C@H](CO)[C@@H](O)[C@H](O)[C@H]1O. The highest BCUT2D eigenvalue weighted by Crippen LogP contribution is 2.22. The van der Waals surface area contributed by atoms with E-state index in [1.165, 1.54) is 7.05 Å². The first-order chi connectivity index (χ1) is 7.40. The van der Waals surface area contributed by atoms with Gasteiger partial charge in [0.25, 0.3) is 0 Å². The third kappa shape index (κ3) is 2.25. The molecule has 0 amide bonds. The Morgan fingerprint density at radius 1 is 1.31 bits per heavy atom. The Kier molecular flexibility index (Phi) is 4.05. The number of aliphatic hydroxyl groups is 4. The van der Waals surface area contributed by atoms with Crippen molar-refractivity contribution in [2.24, 2.45) is 5.73 Å². The van der Waals surface area contributed by atoms with Gasteiger partial charge in [0.05, 0.1) is 6.61 Å². The van der Waals surface area contributed by atoms with E-state index in [1.54, 1.807) is 0 Å². The molecule has 0 radical (unpaired) electrons. The molecule has 8 heteroatoms. The molecule has 1 saturated heterocycles. The maximum Gasteiger partial charge on any atom is 0.190 e. The molecule has 8 nitrogen and oxygen atoms in total. The van der Waals surface area contributed by atoms with Crippen LogP contribution in [-0.4, -0.2) is 75.6 Å². The molecule has 0 saturated carbocycles. The average Bonchev–Trinajstić information content (AvgIpc) is 2.25. The van der Waals surface area contributed by atoms with Gasteiger partial charge >= 0.3 is 0 Å². The van der Waals surface area contributed by atoms with Crippen molar-refractivity contribution in [2.75, 3.05) is 13.7 Å². The molecule has 0 aromatic rings. The van der Waals surface area contributed by atoms with Crippen LogP contribution in [0.4, 0.5) is 0 Å². The van der Waals surface area contributed by atoms with Crippen LogP contribution in [0, 0.1) is 5.41 Å². The predicted molar refractivity (Wildman–Crippen MR) is 53.4 cm³/mol. The Morgan fingerprint density at radius 3 is 2.31 bits per heavy atom. The molecule has 1 fully saturated rings. The molecule has 1 aliphatic heterocycles. The van der Waals surface area contributed by atoms with Gasteiger partial charge in [-0.2, -0.15) is 0 Å². The van der Waals surface area contributed by atoms with Gasteiger partial charge in [-0.3, -0.25) is 5.41 Å². The summed E-state index contributed by atoms with van der Waals surface area (Å²) in [4.78, 5) is 1.10. The van der Waals surface area contributed by atoms with Gasteiger partial charge in [0, 0.05) is 7.05 Å². The summed E-state index contributed by atoms with van der Waals surface area (Å²) < 4.78 is 5.15. The van der Waals surface area contributed by atoms with Crippen molar-refractivity contribution in [3.05, 3.63) is 0 Å². The Morgan fingerprint density at radius 2 is 1.88 bits per heavy atom. The molecule has 7 N–H and O–H groups in total. The number of nitrogens with two attached hydrogens (primary N) is 1. The van der Waals surface area contributed by atoms with Crippen molar-refractivity contribution < 1.29 is 25.2 Å². The summed E-state index contributed by atoms with van der Waals surface area (Å²) in [5, 5.41) is 44.7. The fourth-order valence-electron chi connectivity index (χ4n) is 1.54. The predicted octanol–water partition coefficient (Wildman–Crippen LogP) is -3.39. The number of guanidine groups is 1. The number of nitrogens with one attached hydrogen (secondary N) is 1. The number of hydrogen-bond acceptors (Lipinski definition) is 6. The zero-order valence-corrected chi connectivity index (χ0v) is 8.82. The van der Waals surface area contributed by atoms with Gasteiger partial charge < -0.3 is 35.8 Å². The van der Waals surface area contributed by atoms with Gasteiger partial charge in [-0.1, -0.05) is 0 Å². The van der Waals surface area contributed by atoms with E-state index in [4.69, 9.17) is 21.0 Å². The van der Waals surface area contributed by atoms with E-state index < -0.39 is 37.3 Å². The average molecular weight is 235 g/mol. The highest BCUT2D eigenvalue weighted by molar-refractivity contribution is 5.74. The first-order valence-corrected chi connectivity index (χ1v) is 4.77. The third-order valence-corrected chi connectivity index (χ3v) is 2.63. The van der Waals surface area contributed by atoms with Crippen molar-refractivity contribution in [1.29, 1.82) is 5.41 Å². The van der Waals surface area contributed by atoms with Gasteiger partial charge in [-0.05, 0) is 0 Å². The summed E-state index contributed by atoms with van der Waals surface area (Å²) in [5.41, 5.74) is 5.21. The van der Waals surface area contributed by atoms with Crippen molar-refractivity contribution >= 4 is 5.96 Å². The summed E-state index contributed by atoms with van der Waals surface area (Å²) in [5.74, 6) is -0.357. The summed E-state index contributed by atoms with van der Waals surface area (Å²) in [6.45, 7) is -0.507. The lowest BCUT2D eigenvalue weighted by atomic mass is 9.98. The lowest BCUT2D eigenvalue weighted by Crippen LogP contribution is -2.64. The summed E-state index contributed by atoms with van der Waals surface area (Å²) in [7, 11) is 1.40. The zero-order valence-electron chi connectivity index (χ0n) is 8.82. The second kappa shape index (κ2) is 4.93. The van der Waals surface area contributed by atoms with Gasteiger partial charge in [-0.15, -0.1) is 0 Å². The molecule has 16 heavy (non-hydrogen) atoms. The van der Waals surface area contributed by atoms with Crippen LogP contribution >= 0.6 is 0 Å². The van der Waals surface area contributed by atoms with Crippen LogP contribution in [0.3, 0.4) is 0 Å². The number of ether oxygens (including phenoxy) is 1. The maximum absolute atomic E-state index is 9.63. The molecule has 0 aromatic carbocycles. The first-order valence-electron chi connectivity index (χ1n) is 4.77. The highest BCUT2D eigenvalue weighted by Gasteiger charge is 2.45. The number of nitrogens with zero attached hydrogens (tertiary/aromatic N) is 1. The van der Waals surface area contributed by atoms with Gasteiger partial charge in [0.2, 0.25) is 0 Å². The van der Waals surface area contributed by atoms with E-state index in [9.17, 15) is 15.3 Å². The van der Waals surface area contributed by atoms with E-state index in [1.807, 2.05) is 0 Å². The van der Waals surface area contributed by atoms with Crippen LogP contribution in [0.25, 0.3) is 0 Å². The molecule has 5 atom stereocenters. The Bertz CT molecular complexity index is 262. The van der Waals surface area contributed by atoms with Gasteiger partial charge in [0.1, 0.15) is 24.4 Å². The monoisotopic (exact) mass is 235 g/mol. The zero-order chi connectivity index (χ0) is 12.5. The van der Waals surface area contributed by atoms with Gasteiger partial charge in [-0.25, -0.2) is 0 Å². The van der Waals surface area contributed by atoms with Crippen LogP contribution in [0.15, 0.2) is 0 Å². The van der Waals surface area contributed by atoms with Crippen LogP contribution < -0.4 is 5.73 Å². The summed E-state index contributed by atoms with van der Waals surface area (Å²) in [6, 6.07) is 0. The summed E-state index contributed by atoms with van der Waals surface area (Å²) in [6.07, 6.45) is -6.35. The van der Waals surface area contributed by atoms with Gasteiger partial charge in [0.15, 0.2) is 12.2 Å². The quantitative estimate of drug-likeness (QED) is 0.216. The number of hydrogen-bond donors (Lipinski definition) is 6. The maximum atomic E-state index is 9.63. The van der Waals surface area contributed by atoms with Crippen LogP contribution in [0.1, 0.15) is 0 Å². The molecule has 1 aliphatic rings. The Labute approximate surface area is 92.4 Å². The van der Waals surface area contributed by atoms with E-state index in [-0.39, 0.29) is 5.96 Å². The van der Waals surface area contributed by atoms with E-state index in [0.717, 1.165) is 4.90 Å². The molecule has 94 valence electrons. The molecular formula is C8H17N3O5. The smallest absolute Gasteiger partial charge is 0.190 e. The third-order valence-electron chi connectivity index (χ3n) is 2.63. The van der Waals surface area contributed by atoms with E-state index in [0.29, 0.717) is 0 Å². The van der Waals surface area contributed by atoms with Crippen molar-refractivity contribution in [3.63, 3.8) is 0 Å². The van der Waals surface area contributed by atoms with E-state index >= 15 is 0 Å². The fourth-order valence-corrected chi connectivity index (χ4v) is 1.54. The highest BCUT2D eigenvalue weighted by atomic mass is 16.6. The lowest BCUT2D eigenvalue weighted by Gasteiger charge is -2.43. The molecule has 1 heterocycles. The largest absolute Gasteiger partial charge is 0.394 e. The molecule has 0 aromatic heterocycles. The molecule has 1 rings (SSSR count).